The van der Waals surface area contributed by atoms with Crippen molar-refractivity contribution in [3.05, 3.63) is 72.2 Å². The molecule has 1 N–H and O–H groups in total. The van der Waals surface area contributed by atoms with Crippen molar-refractivity contribution in [2.45, 2.75) is 45.1 Å². The van der Waals surface area contributed by atoms with Crippen molar-refractivity contribution in [3.8, 4) is 11.3 Å². The van der Waals surface area contributed by atoms with Crippen molar-refractivity contribution in [1.82, 2.24) is 9.97 Å². The summed E-state index contributed by atoms with van der Waals surface area (Å²) in [6.07, 6.45) is 6.05. The van der Waals surface area contributed by atoms with Crippen LogP contribution in [0.25, 0.3) is 11.3 Å². The van der Waals surface area contributed by atoms with E-state index in [-0.39, 0.29) is 5.41 Å². The Morgan fingerprint density at radius 2 is 1.73 bits per heavy atom. The quantitative estimate of drug-likeness (QED) is 0.659. The summed E-state index contributed by atoms with van der Waals surface area (Å²) in [6.45, 7) is 7.92. The fraction of sp³-hybridized carbons (Fsp3) is 0.348. The van der Waals surface area contributed by atoms with Gasteiger partial charge in [-0.25, -0.2) is 4.98 Å². The number of H-pyrrole nitrogens is 1. The Bertz CT molecular complexity index is 840. The van der Waals surface area contributed by atoms with Gasteiger partial charge in [0.05, 0.1) is 24.3 Å². The number of hydrogen-bond acceptors (Lipinski definition) is 2. The lowest BCUT2D eigenvalue weighted by Crippen LogP contribution is -2.22. The minimum atomic E-state index is 0.200. The van der Waals surface area contributed by atoms with Crippen molar-refractivity contribution in [1.29, 1.82) is 0 Å². The predicted molar refractivity (Wildman–Crippen MR) is 108 cm³/mol. The third kappa shape index (κ3) is 3.26. The summed E-state index contributed by atoms with van der Waals surface area (Å²) < 4.78 is 0. The highest BCUT2D eigenvalue weighted by atomic mass is 15.2. The topological polar surface area (TPSA) is 31.9 Å². The second kappa shape index (κ2) is 6.64. The Morgan fingerprint density at radius 1 is 1.00 bits per heavy atom. The molecule has 1 aromatic heterocycles. The number of hydrogen-bond donors (Lipinski definition) is 1. The number of aromatic amines is 1. The summed E-state index contributed by atoms with van der Waals surface area (Å²) in [6, 6.07) is 18.5. The van der Waals surface area contributed by atoms with Crippen LogP contribution in [0.1, 0.15) is 50.8 Å². The molecule has 1 aliphatic heterocycles. The molecule has 0 radical (unpaired) electrons. The van der Waals surface area contributed by atoms with E-state index in [4.69, 9.17) is 0 Å². The molecule has 1 atom stereocenters. The maximum Gasteiger partial charge on any atom is 0.0924 e. The van der Waals surface area contributed by atoms with Gasteiger partial charge in [-0.05, 0) is 47.1 Å². The molecule has 0 spiro atoms. The Balaban J connectivity index is 1.56. The summed E-state index contributed by atoms with van der Waals surface area (Å²) in [4.78, 5) is 9.84. The highest BCUT2D eigenvalue weighted by Gasteiger charge is 2.26. The van der Waals surface area contributed by atoms with Crippen molar-refractivity contribution in [3.63, 3.8) is 0 Å². The SMILES string of the molecule is CC(C)(C)c1ccc(N2CCC[C@@H]2c2ccc(-c3cnc[nH]3)cc2)cc1. The van der Waals surface area contributed by atoms with E-state index in [1.54, 1.807) is 6.33 Å². The predicted octanol–water partition coefficient (Wildman–Crippen LogP) is 5.72. The van der Waals surface area contributed by atoms with Gasteiger partial charge in [0.15, 0.2) is 0 Å². The van der Waals surface area contributed by atoms with Crippen LogP contribution in [-0.4, -0.2) is 16.5 Å². The Hall–Kier alpha value is -2.55. The Morgan fingerprint density at radius 3 is 2.35 bits per heavy atom. The largest absolute Gasteiger partial charge is 0.364 e. The van der Waals surface area contributed by atoms with Gasteiger partial charge in [0, 0.05) is 12.2 Å². The second-order valence-corrected chi connectivity index (χ2v) is 8.24. The molecule has 134 valence electrons. The molecule has 3 nitrogen and oxygen atoms in total. The van der Waals surface area contributed by atoms with Crippen molar-refractivity contribution < 1.29 is 0 Å². The maximum atomic E-state index is 4.11. The van der Waals surface area contributed by atoms with E-state index in [0.717, 1.165) is 12.2 Å². The molecule has 0 unspecified atom stereocenters. The summed E-state index contributed by atoms with van der Waals surface area (Å²) >= 11 is 0. The number of benzene rings is 2. The van der Waals surface area contributed by atoms with E-state index in [1.165, 1.54) is 35.2 Å². The summed E-state index contributed by atoms with van der Waals surface area (Å²) in [5.41, 5.74) is 6.57. The second-order valence-electron chi connectivity index (χ2n) is 8.24. The molecule has 4 rings (SSSR count). The minimum Gasteiger partial charge on any atom is -0.364 e. The van der Waals surface area contributed by atoms with Gasteiger partial charge in [-0.3, -0.25) is 0 Å². The fourth-order valence-corrected chi connectivity index (χ4v) is 3.87. The van der Waals surface area contributed by atoms with Gasteiger partial charge in [-0.15, -0.1) is 0 Å². The lowest BCUT2D eigenvalue weighted by molar-refractivity contribution is 0.590. The van der Waals surface area contributed by atoms with E-state index in [1.807, 2.05) is 6.20 Å². The smallest absolute Gasteiger partial charge is 0.0924 e. The molecule has 1 aliphatic rings. The molecule has 3 heteroatoms. The monoisotopic (exact) mass is 345 g/mol. The van der Waals surface area contributed by atoms with Crippen LogP contribution in [0.15, 0.2) is 61.1 Å². The molecule has 3 aromatic rings. The normalized spacial score (nSPS) is 17.7. The van der Waals surface area contributed by atoms with Crippen LogP contribution in [0.5, 0.6) is 0 Å². The molecule has 0 amide bonds. The van der Waals surface area contributed by atoms with Crippen LogP contribution >= 0.6 is 0 Å². The molecule has 0 bridgehead atoms. The van der Waals surface area contributed by atoms with Crippen LogP contribution in [0, 0.1) is 0 Å². The van der Waals surface area contributed by atoms with Gasteiger partial charge in [0.1, 0.15) is 0 Å². The van der Waals surface area contributed by atoms with Gasteiger partial charge < -0.3 is 9.88 Å². The molecule has 0 aliphatic carbocycles. The van der Waals surface area contributed by atoms with Crippen molar-refractivity contribution in [2.75, 3.05) is 11.4 Å². The van der Waals surface area contributed by atoms with Crippen LogP contribution in [-0.2, 0) is 5.41 Å². The standard InChI is InChI=1S/C23H27N3/c1-23(2,3)19-10-12-20(13-11-19)26-14-4-5-22(26)18-8-6-17(7-9-18)21-15-24-16-25-21/h6-13,15-16,22H,4-5,14H2,1-3H3,(H,24,25)/t22-/m1/s1. The zero-order chi connectivity index (χ0) is 18.1. The van der Waals surface area contributed by atoms with Crippen LogP contribution in [0.2, 0.25) is 0 Å². The van der Waals surface area contributed by atoms with Gasteiger partial charge >= 0.3 is 0 Å². The van der Waals surface area contributed by atoms with Crippen LogP contribution in [0.4, 0.5) is 5.69 Å². The highest BCUT2D eigenvalue weighted by molar-refractivity contribution is 5.59. The van der Waals surface area contributed by atoms with E-state index >= 15 is 0 Å². The molecule has 0 saturated carbocycles. The molecule has 26 heavy (non-hydrogen) atoms. The number of aromatic nitrogens is 2. The number of anilines is 1. The summed E-state index contributed by atoms with van der Waals surface area (Å²) in [7, 11) is 0. The zero-order valence-electron chi connectivity index (χ0n) is 15.9. The van der Waals surface area contributed by atoms with Gasteiger partial charge in [-0.2, -0.15) is 0 Å². The van der Waals surface area contributed by atoms with Gasteiger partial charge in [-0.1, -0.05) is 57.2 Å². The molecule has 1 fully saturated rings. The van der Waals surface area contributed by atoms with Gasteiger partial charge in [0.2, 0.25) is 0 Å². The maximum absolute atomic E-state index is 4.11. The van der Waals surface area contributed by atoms with Crippen LogP contribution in [0.3, 0.4) is 0 Å². The van der Waals surface area contributed by atoms with E-state index in [9.17, 15) is 0 Å². The zero-order valence-corrected chi connectivity index (χ0v) is 15.9. The lowest BCUT2D eigenvalue weighted by atomic mass is 9.87. The first kappa shape index (κ1) is 16.9. The number of nitrogens with one attached hydrogen (secondary N) is 1. The van der Waals surface area contributed by atoms with Gasteiger partial charge in [0.25, 0.3) is 0 Å². The van der Waals surface area contributed by atoms with Crippen LogP contribution < -0.4 is 4.90 Å². The Kier molecular flexibility index (Phi) is 4.31. The molecule has 1 saturated heterocycles. The summed E-state index contributed by atoms with van der Waals surface area (Å²) in [5.74, 6) is 0. The first-order chi connectivity index (χ1) is 12.5. The summed E-state index contributed by atoms with van der Waals surface area (Å²) in [5, 5.41) is 0. The first-order valence-electron chi connectivity index (χ1n) is 9.48. The molecular formula is C23H27N3. The number of nitrogens with zero attached hydrogens (tertiary/aromatic N) is 2. The fourth-order valence-electron chi connectivity index (χ4n) is 3.87. The third-order valence-corrected chi connectivity index (χ3v) is 5.42. The lowest BCUT2D eigenvalue weighted by Gasteiger charge is -2.28. The molecule has 2 aromatic carbocycles. The molecule has 2 heterocycles. The third-order valence-electron chi connectivity index (χ3n) is 5.42. The average molecular weight is 345 g/mol. The number of imidazole rings is 1. The van der Waals surface area contributed by atoms with E-state index in [0.29, 0.717) is 6.04 Å². The highest BCUT2D eigenvalue weighted by Crippen LogP contribution is 2.37. The van der Waals surface area contributed by atoms with E-state index < -0.39 is 0 Å². The Labute approximate surface area is 156 Å². The van der Waals surface area contributed by atoms with E-state index in [2.05, 4.69) is 84.2 Å². The molecular weight excluding hydrogens is 318 g/mol. The first-order valence-corrected chi connectivity index (χ1v) is 9.48. The number of rotatable bonds is 3. The minimum absolute atomic E-state index is 0.200. The van der Waals surface area contributed by atoms with Crippen molar-refractivity contribution >= 4 is 5.69 Å². The van der Waals surface area contributed by atoms with Crippen molar-refractivity contribution in [2.24, 2.45) is 0 Å². The average Bonchev–Trinajstić information content (AvgIpc) is 3.33.